The fourth-order valence-corrected chi connectivity index (χ4v) is 1.56. The van der Waals surface area contributed by atoms with Gasteiger partial charge in [0.25, 0.3) is 5.69 Å². The Morgan fingerprint density at radius 3 is 2.31 bits per heavy atom. The molecule has 0 fully saturated rings. The topological polar surface area (TPSA) is 46.4 Å². The van der Waals surface area contributed by atoms with E-state index >= 15 is 0 Å². The van der Waals surface area contributed by atoms with Gasteiger partial charge < -0.3 is 4.90 Å². The first kappa shape index (κ1) is 12.5. The maximum atomic E-state index is 11.0. The van der Waals surface area contributed by atoms with Crippen LogP contribution < -0.4 is 4.90 Å². The van der Waals surface area contributed by atoms with Gasteiger partial charge in [-0.25, -0.2) is 0 Å². The van der Waals surface area contributed by atoms with Crippen LogP contribution in [0.3, 0.4) is 0 Å². The Kier molecular flexibility index (Phi) is 3.21. The van der Waals surface area contributed by atoms with E-state index in [1.54, 1.807) is 12.1 Å². The lowest BCUT2D eigenvalue weighted by Crippen LogP contribution is -2.38. The average molecular weight is 222 g/mol. The third kappa shape index (κ3) is 2.32. The first-order valence-corrected chi connectivity index (χ1v) is 5.23. The number of anilines is 1. The summed E-state index contributed by atoms with van der Waals surface area (Å²) in [6.07, 6.45) is 0. The molecule has 1 aromatic carbocycles. The lowest BCUT2D eigenvalue weighted by molar-refractivity contribution is -0.384. The fraction of sp³-hybridized carbons (Fsp3) is 0.500. The van der Waals surface area contributed by atoms with Crippen molar-refractivity contribution in [3.63, 3.8) is 0 Å². The van der Waals surface area contributed by atoms with E-state index in [2.05, 4.69) is 0 Å². The molecule has 0 saturated heterocycles. The van der Waals surface area contributed by atoms with Gasteiger partial charge in [0.05, 0.1) is 4.92 Å². The Morgan fingerprint density at radius 2 is 1.88 bits per heavy atom. The van der Waals surface area contributed by atoms with Crippen molar-refractivity contribution in [3.05, 3.63) is 33.9 Å². The summed E-state index contributed by atoms with van der Waals surface area (Å²) < 4.78 is 0. The number of hydrogen-bond donors (Lipinski definition) is 0. The highest BCUT2D eigenvalue weighted by Crippen LogP contribution is 2.34. The number of nitrogens with zero attached hydrogens (tertiary/aromatic N) is 2. The summed E-state index contributed by atoms with van der Waals surface area (Å²) in [6.45, 7) is 7.99. The van der Waals surface area contributed by atoms with Crippen LogP contribution in [0.15, 0.2) is 18.2 Å². The van der Waals surface area contributed by atoms with Gasteiger partial charge in [0.1, 0.15) is 5.69 Å². The van der Waals surface area contributed by atoms with Crippen LogP contribution in [0.5, 0.6) is 0 Å². The summed E-state index contributed by atoms with van der Waals surface area (Å²) in [5.74, 6) is 0. The molecule has 0 amide bonds. The summed E-state index contributed by atoms with van der Waals surface area (Å²) in [7, 11) is 1.88. The molecule has 0 unspecified atom stereocenters. The molecule has 1 rings (SSSR count). The summed E-state index contributed by atoms with van der Waals surface area (Å²) >= 11 is 0. The molecule has 0 aromatic heterocycles. The van der Waals surface area contributed by atoms with E-state index in [1.165, 1.54) is 0 Å². The summed E-state index contributed by atoms with van der Waals surface area (Å²) in [6, 6.07) is 5.16. The molecule has 88 valence electrons. The minimum Gasteiger partial charge on any atom is -0.364 e. The first-order chi connectivity index (χ1) is 7.25. The van der Waals surface area contributed by atoms with Crippen LogP contribution in [0.25, 0.3) is 0 Å². The molecule has 4 nitrogen and oxygen atoms in total. The van der Waals surface area contributed by atoms with Crippen molar-refractivity contribution in [1.29, 1.82) is 0 Å². The van der Waals surface area contributed by atoms with E-state index in [4.69, 9.17) is 0 Å². The van der Waals surface area contributed by atoms with Gasteiger partial charge in [-0.3, -0.25) is 10.1 Å². The lowest BCUT2D eigenvalue weighted by Gasteiger charge is -2.34. The van der Waals surface area contributed by atoms with Gasteiger partial charge in [0.15, 0.2) is 0 Å². The van der Waals surface area contributed by atoms with Crippen molar-refractivity contribution in [2.75, 3.05) is 11.9 Å². The highest BCUT2D eigenvalue weighted by molar-refractivity contribution is 5.68. The molecule has 1 aromatic rings. The van der Waals surface area contributed by atoms with Gasteiger partial charge in [0, 0.05) is 18.7 Å². The van der Waals surface area contributed by atoms with Crippen LogP contribution in [0.4, 0.5) is 11.4 Å². The maximum Gasteiger partial charge on any atom is 0.292 e. The predicted octanol–water partition coefficient (Wildman–Crippen LogP) is 3.14. The van der Waals surface area contributed by atoms with E-state index in [-0.39, 0.29) is 16.1 Å². The normalized spacial score (nSPS) is 11.3. The molecule has 0 radical (unpaired) electrons. The third-order valence-electron chi connectivity index (χ3n) is 2.75. The van der Waals surface area contributed by atoms with Crippen LogP contribution in [-0.4, -0.2) is 17.5 Å². The second-order valence-electron chi connectivity index (χ2n) is 4.93. The molecule has 0 aliphatic carbocycles. The van der Waals surface area contributed by atoms with Crippen LogP contribution in [0.1, 0.15) is 26.3 Å². The molecule has 0 saturated carbocycles. The Labute approximate surface area is 96.0 Å². The van der Waals surface area contributed by atoms with Crippen LogP contribution in [0, 0.1) is 17.0 Å². The molecule has 0 aliphatic heterocycles. The zero-order valence-corrected chi connectivity index (χ0v) is 10.4. The largest absolute Gasteiger partial charge is 0.364 e. The Morgan fingerprint density at radius 1 is 1.31 bits per heavy atom. The molecule has 0 aliphatic rings. The van der Waals surface area contributed by atoms with Crippen LogP contribution in [-0.2, 0) is 0 Å². The van der Waals surface area contributed by atoms with E-state index < -0.39 is 0 Å². The molecular formula is C12H18N2O2. The summed E-state index contributed by atoms with van der Waals surface area (Å²) in [4.78, 5) is 12.6. The molecule has 16 heavy (non-hydrogen) atoms. The van der Waals surface area contributed by atoms with E-state index in [0.717, 1.165) is 5.56 Å². The van der Waals surface area contributed by atoms with Crippen molar-refractivity contribution in [1.82, 2.24) is 0 Å². The molecule has 0 N–H and O–H groups in total. The van der Waals surface area contributed by atoms with Crippen molar-refractivity contribution in [2.45, 2.75) is 33.2 Å². The number of nitro groups is 1. The minimum atomic E-state index is -0.329. The Bertz CT molecular complexity index is 408. The quantitative estimate of drug-likeness (QED) is 0.570. The van der Waals surface area contributed by atoms with E-state index in [1.807, 2.05) is 45.7 Å². The standard InChI is InChI=1S/C12H18N2O2/c1-9-7-6-8-10(14(15)16)11(9)13(5)12(2,3)4/h6-8H,1-5H3. The van der Waals surface area contributed by atoms with Gasteiger partial charge in [-0.2, -0.15) is 0 Å². The number of aryl methyl sites for hydroxylation is 1. The van der Waals surface area contributed by atoms with Gasteiger partial charge >= 0.3 is 0 Å². The predicted molar refractivity (Wildman–Crippen MR) is 66.0 cm³/mol. The van der Waals surface area contributed by atoms with E-state index in [9.17, 15) is 10.1 Å². The average Bonchev–Trinajstić information content (AvgIpc) is 2.14. The first-order valence-electron chi connectivity index (χ1n) is 5.23. The number of benzene rings is 1. The second kappa shape index (κ2) is 4.12. The van der Waals surface area contributed by atoms with Gasteiger partial charge in [0.2, 0.25) is 0 Å². The van der Waals surface area contributed by atoms with Gasteiger partial charge in [-0.05, 0) is 33.3 Å². The highest BCUT2D eigenvalue weighted by Gasteiger charge is 2.26. The van der Waals surface area contributed by atoms with Crippen molar-refractivity contribution >= 4 is 11.4 Å². The monoisotopic (exact) mass is 222 g/mol. The smallest absolute Gasteiger partial charge is 0.292 e. The highest BCUT2D eigenvalue weighted by atomic mass is 16.6. The van der Waals surface area contributed by atoms with Crippen molar-refractivity contribution in [2.24, 2.45) is 0 Å². The molecule has 4 heteroatoms. The van der Waals surface area contributed by atoms with Crippen molar-refractivity contribution < 1.29 is 4.92 Å². The summed E-state index contributed by atoms with van der Waals surface area (Å²) in [5, 5.41) is 11.0. The molecular weight excluding hydrogens is 204 g/mol. The van der Waals surface area contributed by atoms with E-state index in [0.29, 0.717) is 5.69 Å². The zero-order chi connectivity index (χ0) is 12.5. The third-order valence-corrected chi connectivity index (χ3v) is 2.75. The fourth-order valence-electron chi connectivity index (χ4n) is 1.56. The maximum absolute atomic E-state index is 11.0. The Balaban J connectivity index is 3.36. The minimum absolute atomic E-state index is 0.142. The molecule has 0 atom stereocenters. The second-order valence-corrected chi connectivity index (χ2v) is 4.93. The van der Waals surface area contributed by atoms with Gasteiger partial charge in [-0.1, -0.05) is 12.1 Å². The molecule has 0 spiro atoms. The molecule has 0 bridgehead atoms. The molecule has 0 heterocycles. The Hall–Kier alpha value is -1.58. The van der Waals surface area contributed by atoms with Crippen LogP contribution in [0.2, 0.25) is 0 Å². The zero-order valence-electron chi connectivity index (χ0n) is 10.4. The van der Waals surface area contributed by atoms with Gasteiger partial charge in [-0.15, -0.1) is 0 Å². The number of hydrogen-bond acceptors (Lipinski definition) is 3. The SMILES string of the molecule is Cc1cccc([N+](=O)[O-])c1N(C)C(C)(C)C. The number of nitro benzene ring substituents is 1. The lowest BCUT2D eigenvalue weighted by atomic mass is 10.0. The van der Waals surface area contributed by atoms with Crippen molar-refractivity contribution in [3.8, 4) is 0 Å². The summed E-state index contributed by atoms with van der Waals surface area (Å²) in [5.41, 5.74) is 1.64. The number of para-hydroxylation sites is 1. The number of rotatable bonds is 2. The van der Waals surface area contributed by atoms with Crippen LogP contribution >= 0.6 is 0 Å².